The lowest BCUT2D eigenvalue weighted by Crippen LogP contribution is -2.52. The van der Waals surface area contributed by atoms with Crippen LogP contribution < -0.4 is 21.6 Å². The minimum atomic E-state index is -1.31. The minimum absolute atomic E-state index is 0.0413. The summed E-state index contributed by atoms with van der Waals surface area (Å²) in [6.45, 7) is 5.27. The van der Waals surface area contributed by atoms with Gasteiger partial charge < -0.3 is 40.3 Å². The maximum absolute atomic E-state index is 13.8. The Morgan fingerprint density at radius 3 is 2.65 bits per heavy atom. The van der Waals surface area contributed by atoms with E-state index in [-0.39, 0.29) is 28.6 Å². The van der Waals surface area contributed by atoms with Crippen molar-refractivity contribution in [2.45, 2.75) is 88.1 Å². The Morgan fingerprint density at radius 1 is 1.12 bits per heavy atom. The first-order valence-electron chi connectivity index (χ1n) is 13.6. The van der Waals surface area contributed by atoms with Gasteiger partial charge in [-0.2, -0.15) is 0 Å². The number of phenolic OH excluding ortho intramolecular Hbond substituents is 1. The van der Waals surface area contributed by atoms with Gasteiger partial charge in [-0.3, -0.25) is 4.79 Å². The van der Waals surface area contributed by atoms with Crippen molar-refractivity contribution in [3.63, 3.8) is 0 Å². The van der Waals surface area contributed by atoms with Gasteiger partial charge in [0.05, 0.1) is 12.3 Å². The van der Waals surface area contributed by atoms with Crippen LogP contribution in [0.3, 0.4) is 0 Å². The van der Waals surface area contributed by atoms with Gasteiger partial charge in [-0.05, 0) is 44.7 Å². The van der Waals surface area contributed by atoms with E-state index in [4.69, 9.17) is 30.1 Å². The highest BCUT2D eigenvalue weighted by Gasteiger charge is 2.66. The Kier molecular flexibility index (Phi) is 6.23. The molecule has 0 radical (unpaired) electrons. The van der Waals surface area contributed by atoms with E-state index in [1.807, 2.05) is 38.1 Å². The number of hydrogen-bond acceptors (Lipinski definition) is 10. The number of aliphatic hydroxyl groups is 1. The molecule has 6 rings (SSSR count). The molecule has 0 unspecified atom stereocenters. The molecule has 0 amide bonds. The molecule has 40 heavy (non-hydrogen) atoms. The van der Waals surface area contributed by atoms with Crippen LogP contribution in [0.1, 0.15) is 67.6 Å². The Hall–Kier alpha value is -3.44. The van der Waals surface area contributed by atoms with Crippen molar-refractivity contribution in [1.82, 2.24) is 0 Å². The third-order valence-corrected chi connectivity index (χ3v) is 8.41. The molecule has 3 aromatic rings. The van der Waals surface area contributed by atoms with E-state index < -0.39 is 47.6 Å². The molecule has 0 bridgehead atoms. The molecule has 0 aliphatic carbocycles. The average Bonchev–Trinajstić information content (AvgIpc) is 3.54. The summed E-state index contributed by atoms with van der Waals surface area (Å²) in [6, 6.07) is 10.4. The van der Waals surface area contributed by atoms with Crippen LogP contribution >= 0.6 is 0 Å². The van der Waals surface area contributed by atoms with Crippen LogP contribution in [-0.2, 0) is 20.7 Å². The number of epoxide rings is 1. The molecule has 212 valence electrons. The molecular formula is C30H34N2O8. The summed E-state index contributed by atoms with van der Waals surface area (Å²) in [5.41, 5.74) is 11.2. The predicted molar refractivity (Wildman–Crippen MR) is 145 cm³/mol. The average molecular weight is 551 g/mol. The van der Waals surface area contributed by atoms with Crippen LogP contribution in [0.25, 0.3) is 11.0 Å². The molecule has 1 aromatic heterocycles. The molecule has 10 heteroatoms. The second-order valence-electron chi connectivity index (χ2n) is 11.8. The number of ether oxygens (including phenoxy) is 3. The van der Waals surface area contributed by atoms with Crippen molar-refractivity contribution >= 4 is 16.9 Å². The Morgan fingerprint density at radius 2 is 1.90 bits per heavy atom. The van der Waals surface area contributed by atoms with E-state index in [0.29, 0.717) is 36.3 Å². The van der Waals surface area contributed by atoms with Crippen LogP contribution in [0.15, 0.2) is 45.6 Å². The van der Waals surface area contributed by atoms with Crippen molar-refractivity contribution in [3.05, 3.63) is 69.1 Å². The molecule has 1 spiro atoms. The first-order chi connectivity index (χ1) is 18.9. The number of fused-ring (bicyclic) bond motifs is 4. The molecule has 2 fully saturated rings. The second-order valence-corrected chi connectivity index (χ2v) is 11.8. The van der Waals surface area contributed by atoms with Crippen molar-refractivity contribution in [2.24, 2.45) is 11.5 Å². The number of aromatic hydroxyl groups is 1. The van der Waals surface area contributed by atoms with Crippen molar-refractivity contribution in [1.29, 1.82) is 0 Å². The zero-order valence-electron chi connectivity index (χ0n) is 22.7. The van der Waals surface area contributed by atoms with E-state index in [0.717, 1.165) is 11.1 Å². The van der Waals surface area contributed by atoms with Gasteiger partial charge in [0.25, 0.3) is 0 Å². The highest BCUT2D eigenvalue weighted by atomic mass is 16.7. The van der Waals surface area contributed by atoms with E-state index in [1.165, 1.54) is 6.07 Å². The Labute approximate surface area is 230 Å². The SMILES string of the molecule is Cc1cc(=O)c2c(O)c3c(cc2o1)OC(C)(C)[C@@H]1OC(=O)[C@@]2(C[C@H](O)CC[C@@H]31)O[C@@H]2Cc1cccc(C(N)N)c1. The van der Waals surface area contributed by atoms with E-state index >= 15 is 0 Å². The molecule has 2 aromatic carbocycles. The molecule has 2 saturated heterocycles. The number of benzene rings is 2. The number of rotatable bonds is 3. The Bertz CT molecular complexity index is 1560. The van der Waals surface area contributed by atoms with Gasteiger partial charge >= 0.3 is 5.97 Å². The highest BCUT2D eigenvalue weighted by Crippen LogP contribution is 2.53. The van der Waals surface area contributed by atoms with Crippen LogP contribution in [-0.4, -0.2) is 45.7 Å². The number of esters is 1. The smallest absolute Gasteiger partial charge is 0.341 e. The molecule has 0 saturated carbocycles. The zero-order chi connectivity index (χ0) is 28.6. The molecular weight excluding hydrogens is 516 g/mol. The largest absolute Gasteiger partial charge is 0.507 e. The lowest BCUT2D eigenvalue weighted by molar-refractivity contribution is -0.171. The number of carbonyl (C=O) groups excluding carboxylic acids is 1. The van der Waals surface area contributed by atoms with Crippen LogP contribution in [0.2, 0.25) is 0 Å². The summed E-state index contributed by atoms with van der Waals surface area (Å²) < 4.78 is 24.2. The number of carbonyl (C=O) groups is 1. The lowest BCUT2D eigenvalue weighted by Gasteiger charge is -2.44. The number of nitrogens with two attached hydrogens (primary N) is 2. The summed E-state index contributed by atoms with van der Waals surface area (Å²) in [5, 5.41) is 22.4. The van der Waals surface area contributed by atoms with Crippen molar-refractivity contribution < 1.29 is 33.6 Å². The minimum Gasteiger partial charge on any atom is -0.507 e. The van der Waals surface area contributed by atoms with Crippen LogP contribution in [0.4, 0.5) is 0 Å². The fourth-order valence-corrected chi connectivity index (χ4v) is 6.40. The number of aliphatic hydroxyl groups excluding tert-OH is 1. The molecule has 3 aliphatic rings. The summed E-state index contributed by atoms with van der Waals surface area (Å²) in [4.78, 5) is 26.6. The first kappa shape index (κ1) is 26.8. The van der Waals surface area contributed by atoms with Crippen molar-refractivity contribution in [2.75, 3.05) is 0 Å². The quantitative estimate of drug-likeness (QED) is 0.216. The number of aryl methyl sites for hydroxylation is 1. The summed E-state index contributed by atoms with van der Waals surface area (Å²) in [5.74, 6) is -0.632. The fourth-order valence-electron chi connectivity index (χ4n) is 6.40. The molecule has 6 N–H and O–H groups in total. The maximum Gasteiger partial charge on any atom is 0.341 e. The number of phenols is 1. The van der Waals surface area contributed by atoms with Crippen LogP contribution in [0.5, 0.6) is 11.5 Å². The second kappa shape index (κ2) is 9.31. The highest BCUT2D eigenvalue weighted by molar-refractivity contribution is 5.88. The van der Waals surface area contributed by atoms with Gasteiger partial charge in [-0.1, -0.05) is 24.3 Å². The third-order valence-electron chi connectivity index (χ3n) is 8.41. The van der Waals surface area contributed by atoms with Gasteiger partial charge in [0.15, 0.2) is 11.0 Å². The van der Waals surface area contributed by atoms with E-state index in [9.17, 15) is 19.8 Å². The standard InChI is InChI=1S/C30H34N2O8/c1-14-9-19(34)24-20(37-14)12-21-23(25(24)35)18-8-7-17(33)13-30(28(36)38-26(18)29(2,3)39-21)22(40-30)11-15-5-4-6-16(10-15)27(31)32/h4-6,9-10,12,17-18,22,26-27,33,35H,7-8,11,13,31-32H2,1-3H3/t17-,18+,22-,26-,30+/m1/s1. The van der Waals surface area contributed by atoms with Gasteiger partial charge in [-0.25, -0.2) is 4.79 Å². The summed E-state index contributed by atoms with van der Waals surface area (Å²) in [6.07, 6.45) is -1.60. The lowest BCUT2D eigenvalue weighted by atomic mass is 9.77. The van der Waals surface area contributed by atoms with E-state index in [2.05, 4.69) is 0 Å². The summed E-state index contributed by atoms with van der Waals surface area (Å²) in [7, 11) is 0. The first-order valence-corrected chi connectivity index (χ1v) is 13.6. The topological polar surface area (TPSA) is 171 Å². The molecule has 5 atom stereocenters. The third kappa shape index (κ3) is 4.35. The van der Waals surface area contributed by atoms with Gasteiger partial charge in [0.1, 0.15) is 46.0 Å². The molecule has 4 heterocycles. The fraction of sp³-hybridized carbons (Fsp3) is 0.467. The Balaban J connectivity index is 1.36. The monoisotopic (exact) mass is 550 g/mol. The maximum atomic E-state index is 13.8. The molecule has 10 nitrogen and oxygen atoms in total. The normalized spacial score (nSPS) is 29.1. The zero-order valence-corrected chi connectivity index (χ0v) is 22.7. The summed E-state index contributed by atoms with van der Waals surface area (Å²) >= 11 is 0. The molecule has 3 aliphatic heterocycles. The van der Waals surface area contributed by atoms with Gasteiger partial charge in [0, 0.05) is 36.5 Å². The number of hydrogen-bond donors (Lipinski definition) is 4. The van der Waals surface area contributed by atoms with Crippen LogP contribution in [0, 0.1) is 6.92 Å². The van der Waals surface area contributed by atoms with E-state index in [1.54, 1.807) is 13.0 Å². The van der Waals surface area contributed by atoms with Gasteiger partial charge in [-0.15, -0.1) is 0 Å². The predicted octanol–water partition coefficient (Wildman–Crippen LogP) is 2.81. The van der Waals surface area contributed by atoms with Gasteiger partial charge in [0.2, 0.25) is 0 Å². The van der Waals surface area contributed by atoms with Crippen molar-refractivity contribution in [3.8, 4) is 11.5 Å².